The van der Waals surface area contributed by atoms with Crippen molar-refractivity contribution in [3.05, 3.63) is 0 Å². The summed E-state index contributed by atoms with van der Waals surface area (Å²) in [6, 6.07) is 0. The lowest BCUT2D eigenvalue weighted by Gasteiger charge is -2.34. The average molecular weight is 292 g/mol. The van der Waals surface area contributed by atoms with E-state index in [4.69, 9.17) is 9.47 Å². The van der Waals surface area contributed by atoms with E-state index in [9.17, 15) is 9.59 Å². The Hall–Kier alpha value is -0.360. The van der Waals surface area contributed by atoms with Gasteiger partial charge in [0.05, 0.1) is 17.8 Å². The molecule has 1 fully saturated rings. The van der Waals surface area contributed by atoms with Gasteiger partial charge in [0.15, 0.2) is 5.41 Å². The standard InChI is InChI=1S/C12H20O4S2/c1-4-15-9(13)12(3,10(14)16-5-2)11-17-7-6-8-18-11/h11H,4-8H2,1-3H3. The molecule has 0 aliphatic carbocycles. The Kier molecular flexibility index (Phi) is 6.35. The van der Waals surface area contributed by atoms with Gasteiger partial charge < -0.3 is 9.47 Å². The maximum Gasteiger partial charge on any atom is 0.325 e. The molecule has 0 spiro atoms. The molecule has 0 aromatic heterocycles. The molecule has 1 aliphatic rings. The number of rotatable bonds is 5. The van der Waals surface area contributed by atoms with Gasteiger partial charge in [-0.25, -0.2) is 0 Å². The maximum absolute atomic E-state index is 12.1. The zero-order chi connectivity index (χ0) is 13.6. The highest BCUT2D eigenvalue weighted by Crippen LogP contribution is 2.44. The van der Waals surface area contributed by atoms with Gasteiger partial charge in [-0.1, -0.05) is 0 Å². The largest absolute Gasteiger partial charge is 0.465 e. The van der Waals surface area contributed by atoms with Crippen molar-refractivity contribution >= 4 is 35.5 Å². The van der Waals surface area contributed by atoms with E-state index in [2.05, 4.69) is 0 Å². The number of ether oxygens (including phenoxy) is 2. The molecule has 1 aliphatic heterocycles. The minimum Gasteiger partial charge on any atom is -0.465 e. The fourth-order valence-electron chi connectivity index (χ4n) is 1.66. The Morgan fingerprint density at radius 1 is 1.11 bits per heavy atom. The number of hydrogen-bond acceptors (Lipinski definition) is 6. The summed E-state index contributed by atoms with van der Waals surface area (Å²) in [4.78, 5) is 24.3. The Morgan fingerprint density at radius 3 is 1.94 bits per heavy atom. The SMILES string of the molecule is CCOC(=O)C(C)(C(=O)OCC)C1SCCCS1. The highest BCUT2D eigenvalue weighted by Gasteiger charge is 2.52. The summed E-state index contributed by atoms with van der Waals surface area (Å²) >= 11 is 3.28. The maximum atomic E-state index is 12.1. The summed E-state index contributed by atoms with van der Waals surface area (Å²) in [5, 5.41) is 0. The second kappa shape index (κ2) is 7.28. The molecule has 1 rings (SSSR count). The first-order valence-electron chi connectivity index (χ1n) is 6.15. The van der Waals surface area contributed by atoms with E-state index in [0.29, 0.717) is 0 Å². The molecule has 0 aromatic carbocycles. The summed E-state index contributed by atoms with van der Waals surface area (Å²) in [6.07, 6.45) is 1.10. The number of esters is 2. The van der Waals surface area contributed by atoms with Crippen LogP contribution >= 0.6 is 23.5 Å². The fraction of sp³-hybridized carbons (Fsp3) is 0.833. The smallest absolute Gasteiger partial charge is 0.325 e. The molecule has 0 radical (unpaired) electrons. The van der Waals surface area contributed by atoms with E-state index in [1.165, 1.54) is 0 Å². The molecule has 4 nitrogen and oxygen atoms in total. The van der Waals surface area contributed by atoms with Gasteiger partial charge in [-0.3, -0.25) is 9.59 Å². The molecule has 104 valence electrons. The predicted octanol–water partition coefficient (Wildman–Crippen LogP) is 2.32. The summed E-state index contributed by atoms with van der Waals surface area (Å²) in [6.45, 7) is 5.67. The van der Waals surface area contributed by atoms with Crippen LogP contribution in [0.5, 0.6) is 0 Å². The van der Waals surface area contributed by atoms with Crippen molar-refractivity contribution in [2.45, 2.75) is 31.8 Å². The van der Waals surface area contributed by atoms with Crippen LogP contribution in [0.15, 0.2) is 0 Å². The molecule has 0 bridgehead atoms. The summed E-state index contributed by atoms with van der Waals surface area (Å²) in [5.41, 5.74) is -1.21. The van der Waals surface area contributed by atoms with Gasteiger partial charge >= 0.3 is 11.9 Å². The van der Waals surface area contributed by atoms with Crippen LogP contribution in [0.1, 0.15) is 27.2 Å². The van der Waals surface area contributed by atoms with Gasteiger partial charge in [-0.15, -0.1) is 23.5 Å². The van der Waals surface area contributed by atoms with Crippen LogP contribution in [-0.2, 0) is 19.1 Å². The lowest BCUT2D eigenvalue weighted by Crippen LogP contribution is -2.47. The molecule has 0 unspecified atom stereocenters. The molecule has 0 saturated carbocycles. The number of carbonyl (C=O) groups is 2. The Morgan fingerprint density at radius 2 is 1.56 bits per heavy atom. The molecular weight excluding hydrogens is 272 g/mol. The molecule has 0 amide bonds. The highest BCUT2D eigenvalue weighted by molar-refractivity contribution is 8.17. The van der Waals surface area contributed by atoms with E-state index in [1.54, 1.807) is 44.3 Å². The molecule has 0 aromatic rings. The van der Waals surface area contributed by atoms with Crippen molar-refractivity contribution in [1.29, 1.82) is 0 Å². The van der Waals surface area contributed by atoms with E-state index < -0.39 is 17.4 Å². The first-order valence-corrected chi connectivity index (χ1v) is 8.24. The lowest BCUT2D eigenvalue weighted by molar-refractivity contribution is -0.169. The van der Waals surface area contributed by atoms with E-state index >= 15 is 0 Å². The van der Waals surface area contributed by atoms with Crippen LogP contribution in [0.25, 0.3) is 0 Å². The summed E-state index contributed by atoms with van der Waals surface area (Å²) in [7, 11) is 0. The zero-order valence-corrected chi connectivity index (χ0v) is 12.7. The fourth-order valence-corrected chi connectivity index (χ4v) is 4.91. The Balaban J connectivity index is 2.91. The van der Waals surface area contributed by atoms with E-state index in [1.807, 2.05) is 0 Å². The van der Waals surface area contributed by atoms with Gasteiger partial charge in [-0.2, -0.15) is 0 Å². The third kappa shape index (κ3) is 3.35. The van der Waals surface area contributed by atoms with Crippen molar-refractivity contribution in [3.63, 3.8) is 0 Å². The molecule has 1 heterocycles. The molecule has 0 N–H and O–H groups in total. The van der Waals surface area contributed by atoms with Crippen molar-refractivity contribution < 1.29 is 19.1 Å². The minimum atomic E-state index is -1.21. The monoisotopic (exact) mass is 292 g/mol. The van der Waals surface area contributed by atoms with Crippen LogP contribution < -0.4 is 0 Å². The minimum absolute atomic E-state index is 0.121. The molecule has 1 saturated heterocycles. The van der Waals surface area contributed by atoms with Crippen LogP contribution in [0.2, 0.25) is 0 Å². The Labute approximate surface area is 117 Å². The predicted molar refractivity (Wildman–Crippen MR) is 74.7 cm³/mol. The quantitative estimate of drug-likeness (QED) is 0.572. The van der Waals surface area contributed by atoms with Crippen molar-refractivity contribution in [3.8, 4) is 0 Å². The van der Waals surface area contributed by atoms with Crippen molar-refractivity contribution in [2.75, 3.05) is 24.7 Å². The normalized spacial score (nSPS) is 17.3. The second-order valence-corrected chi connectivity index (χ2v) is 6.79. The van der Waals surface area contributed by atoms with Gasteiger partial charge in [0.1, 0.15) is 0 Å². The zero-order valence-electron chi connectivity index (χ0n) is 11.1. The molecule has 0 atom stereocenters. The lowest BCUT2D eigenvalue weighted by atomic mass is 9.93. The molecule has 18 heavy (non-hydrogen) atoms. The number of thioether (sulfide) groups is 2. The summed E-state index contributed by atoms with van der Waals surface area (Å²) in [5.74, 6) is 0.976. The van der Waals surface area contributed by atoms with E-state index in [0.717, 1.165) is 17.9 Å². The Bertz CT molecular complexity index is 282. The first kappa shape index (κ1) is 15.7. The third-order valence-corrected chi connectivity index (χ3v) is 6.11. The number of carbonyl (C=O) groups excluding carboxylic acids is 2. The van der Waals surface area contributed by atoms with Crippen LogP contribution in [0.4, 0.5) is 0 Å². The number of hydrogen-bond donors (Lipinski definition) is 0. The van der Waals surface area contributed by atoms with Gasteiger partial charge in [0, 0.05) is 0 Å². The topological polar surface area (TPSA) is 52.6 Å². The van der Waals surface area contributed by atoms with Gasteiger partial charge in [0.25, 0.3) is 0 Å². The highest BCUT2D eigenvalue weighted by atomic mass is 32.2. The summed E-state index contributed by atoms with van der Waals surface area (Å²) < 4.78 is 10.0. The van der Waals surface area contributed by atoms with Gasteiger partial charge in [0.2, 0.25) is 0 Å². The molecule has 6 heteroatoms. The second-order valence-electron chi connectivity index (χ2n) is 4.07. The van der Waals surface area contributed by atoms with Crippen molar-refractivity contribution in [1.82, 2.24) is 0 Å². The van der Waals surface area contributed by atoms with Crippen LogP contribution in [0.3, 0.4) is 0 Å². The first-order chi connectivity index (χ1) is 8.57. The molecular formula is C12H20O4S2. The van der Waals surface area contributed by atoms with Gasteiger partial charge in [-0.05, 0) is 38.7 Å². The van der Waals surface area contributed by atoms with Crippen molar-refractivity contribution in [2.24, 2.45) is 5.41 Å². The van der Waals surface area contributed by atoms with Crippen LogP contribution in [0, 0.1) is 5.41 Å². The van der Waals surface area contributed by atoms with E-state index in [-0.39, 0.29) is 17.8 Å². The third-order valence-electron chi connectivity index (χ3n) is 2.70. The average Bonchev–Trinajstić information content (AvgIpc) is 2.39. The van der Waals surface area contributed by atoms with Crippen LogP contribution in [-0.4, -0.2) is 41.2 Å².